The summed E-state index contributed by atoms with van der Waals surface area (Å²) in [7, 11) is -3.07. The molecule has 3 aromatic rings. The van der Waals surface area contributed by atoms with Gasteiger partial charge in [0.2, 0.25) is 7.44 Å². The Morgan fingerprint density at radius 2 is 1.03 bits per heavy atom. The first-order chi connectivity index (χ1) is 17.1. The van der Waals surface area contributed by atoms with Gasteiger partial charge in [0, 0.05) is 43.6 Å². The lowest BCUT2D eigenvalue weighted by Crippen LogP contribution is -2.48. The number of nitrogens with two attached hydrogens (primary N) is 2. The van der Waals surface area contributed by atoms with Gasteiger partial charge >= 0.3 is 0 Å². The van der Waals surface area contributed by atoms with Crippen molar-refractivity contribution in [2.75, 3.05) is 26.2 Å². The molecule has 0 aromatic heterocycles. The molecule has 0 aliphatic carbocycles. The predicted molar refractivity (Wildman–Crippen MR) is 147 cm³/mol. The summed E-state index contributed by atoms with van der Waals surface area (Å²) in [6.45, 7) is 2.73. The Kier molecular flexibility index (Phi) is 9.31. The molecule has 0 saturated carbocycles. The smallest absolute Gasteiger partial charge is 0.245 e. The van der Waals surface area contributed by atoms with Crippen LogP contribution in [0.3, 0.4) is 0 Å². The van der Waals surface area contributed by atoms with E-state index in [1.807, 2.05) is 66.7 Å². The standard InChI is InChI=1S/C29H39N4OP/c30-27(21-25-13-5-1-6-14-25)23-32-19-11-4-12-20-33(35(32,34)29-17-9-3-10-18-29)24-28(31)22-26-15-7-2-8-16-26/h1-3,5-10,13-18,27-28H,4,11-12,19-24,30-31H2. The highest BCUT2D eigenvalue weighted by molar-refractivity contribution is 7.67. The fourth-order valence-corrected chi connectivity index (χ4v) is 8.33. The molecule has 2 unspecified atom stereocenters. The molecule has 2 atom stereocenters. The van der Waals surface area contributed by atoms with Crippen molar-refractivity contribution < 1.29 is 4.57 Å². The van der Waals surface area contributed by atoms with Gasteiger partial charge in [-0.3, -0.25) is 4.57 Å². The van der Waals surface area contributed by atoms with E-state index in [1.54, 1.807) is 0 Å². The van der Waals surface area contributed by atoms with E-state index in [4.69, 9.17) is 11.5 Å². The molecule has 0 amide bonds. The Labute approximate surface area is 210 Å². The summed E-state index contributed by atoms with van der Waals surface area (Å²) in [5.41, 5.74) is 15.8. The number of rotatable bonds is 9. The normalized spacial score (nSPS) is 21.7. The lowest BCUT2D eigenvalue weighted by Gasteiger charge is -2.43. The molecule has 1 saturated heterocycles. The van der Waals surface area contributed by atoms with Gasteiger partial charge in [-0.2, -0.15) is 0 Å². The summed E-state index contributed by atoms with van der Waals surface area (Å²) >= 11 is 0. The molecule has 1 fully saturated rings. The zero-order valence-corrected chi connectivity index (χ0v) is 21.5. The van der Waals surface area contributed by atoms with Crippen molar-refractivity contribution in [1.82, 2.24) is 9.34 Å². The van der Waals surface area contributed by atoms with Crippen molar-refractivity contribution in [3.8, 4) is 0 Å². The van der Waals surface area contributed by atoms with E-state index >= 15 is 4.57 Å². The van der Waals surface area contributed by atoms with Crippen LogP contribution in [0, 0.1) is 0 Å². The number of hydrogen-bond donors (Lipinski definition) is 2. The van der Waals surface area contributed by atoms with Crippen LogP contribution in [0.1, 0.15) is 30.4 Å². The maximum atomic E-state index is 15.2. The Morgan fingerprint density at radius 1 is 0.629 bits per heavy atom. The third-order valence-corrected chi connectivity index (χ3v) is 9.99. The van der Waals surface area contributed by atoms with Crippen LogP contribution in [-0.4, -0.2) is 47.6 Å². The number of benzene rings is 3. The maximum absolute atomic E-state index is 15.2. The third kappa shape index (κ3) is 6.91. The van der Waals surface area contributed by atoms with Crippen LogP contribution in [0.15, 0.2) is 91.0 Å². The topological polar surface area (TPSA) is 75.6 Å². The molecule has 4 N–H and O–H groups in total. The zero-order valence-electron chi connectivity index (χ0n) is 20.6. The molecule has 4 rings (SSSR count). The van der Waals surface area contributed by atoms with Gasteiger partial charge in [-0.25, -0.2) is 9.34 Å². The van der Waals surface area contributed by atoms with Crippen LogP contribution >= 0.6 is 7.44 Å². The lowest BCUT2D eigenvalue weighted by atomic mass is 10.1. The van der Waals surface area contributed by atoms with Gasteiger partial charge in [-0.1, -0.05) is 85.3 Å². The first-order valence-corrected chi connectivity index (χ1v) is 14.4. The lowest BCUT2D eigenvalue weighted by molar-refractivity contribution is 0.288. The fraction of sp³-hybridized carbons (Fsp3) is 0.379. The van der Waals surface area contributed by atoms with Crippen LogP contribution < -0.4 is 16.8 Å². The SMILES string of the molecule is NC(Cc1ccccc1)CN1CCCCCN(CC(N)Cc2ccccc2)P1(=O)c1ccccc1. The van der Waals surface area contributed by atoms with E-state index in [0.29, 0.717) is 13.1 Å². The second-order valence-electron chi connectivity index (χ2n) is 9.67. The van der Waals surface area contributed by atoms with Crippen LogP contribution in [0.5, 0.6) is 0 Å². The van der Waals surface area contributed by atoms with Gasteiger partial charge in [0.25, 0.3) is 0 Å². The molecular weight excluding hydrogens is 451 g/mol. The molecule has 0 spiro atoms. The van der Waals surface area contributed by atoms with Crippen LogP contribution in [0.2, 0.25) is 0 Å². The summed E-state index contributed by atoms with van der Waals surface area (Å²) in [5, 5.41) is 0.876. The van der Waals surface area contributed by atoms with E-state index in [9.17, 15) is 0 Å². The van der Waals surface area contributed by atoms with Crippen molar-refractivity contribution in [3.05, 3.63) is 102 Å². The van der Waals surface area contributed by atoms with Crippen LogP contribution in [-0.2, 0) is 17.4 Å². The molecule has 35 heavy (non-hydrogen) atoms. The first kappa shape index (κ1) is 25.8. The van der Waals surface area contributed by atoms with Crippen molar-refractivity contribution in [2.24, 2.45) is 11.5 Å². The molecule has 1 aliphatic heterocycles. The van der Waals surface area contributed by atoms with Gasteiger partial charge in [0.05, 0.1) is 0 Å². The molecule has 6 heteroatoms. The van der Waals surface area contributed by atoms with Gasteiger partial charge < -0.3 is 11.5 Å². The number of hydrogen-bond acceptors (Lipinski definition) is 3. The van der Waals surface area contributed by atoms with Crippen molar-refractivity contribution in [3.63, 3.8) is 0 Å². The average molecular weight is 491 g/mol. The molecule has 186 valence electrons. The highest BCUT2D eigenvalue weighted by Crippen LogP contribution is 2.53. The highest BCUT2D eigenvalue weighted by atomic mass is 31.2. The van der Waals surface area contributed by atoms with Crippen molar-refractivity contribution >= 4 is 12.7 Å². The molecule has 1 aliphatic rings. The Hall–Kier alpha value is -2.27. The first-order valence-electron chi connectivity index (χ1n) is 12.8. The van der Waals surface area contributed by atoms with Crippen molar-refractivity contribution in [1.29, 1.82) is 0 Å². The molecular formula is C29H39N4OP. The largest absolute Gasteiger partial charge is 0.326 e. The van der Waals surface area contributed by atoms with E-state index in [-0.39, 0.29) is 12.1 Å². The molecule has 0 bridgehead atoms. The predicted octanol–water partition coefficient (Wildman–Crippen LogP) is 4.43. The zero-order chi connectivity index (χ0) is 24.5. The van der Waals surface area contributed by atoms with E-state index in [2.05, 4.69) is 33.6 Å². The molecule has 3 aromatic carbocycles. The van der Waals surface area contributed by atoms with Crippen LogP contribution in [0.4, 0.5) is 0 Å². The minimum absolute atomic E-state index is 0.103. The summed E-state index contributed by atoms with van der Waals surface area (Å²) in [6, 6.07) is 30.4. The third-order valence-electron chi connectivity index (χ3n) is 6.76. The second-order valence-corrected chi connectivity index (χ2v) is 12.4. The Bertz CT molecular complexity index is 1000. The summed E-state index contributed by atoms with van der Waals surface area (Å²) < 4.78 is 19.6. The summed E-state index contributed by atoms with van der Waals surface area (Å²) in [5.74, 6) is 0. The van der Waals surface area contributed by atoms with E-state index < -0.39 is 7.44 Å². The van der Waals surface area contributed by atoms with Crippen LogP contribution in [0.25, 0.3) is 0 Å². The maximum Gasteiger partial charge on any atom is 0.245 e. The monoisotopic (exact) mass is 490 g/mol. The molecule has 1 heterocycles. The van der Waals surface area contributed by atoms with Gasteiger partial charge in [-0.15, -0.1) is 0 Å². The summed E-state index contributed by atoms with van der Waals surface area (Å²) in [4.78, 5) is 0. The van der Waals surface area contributed by atoms with Gasteiger partial charge in [0.1, 0.15) is 0 Å². The molecule has 5 nitrogen and oxygen atoms in total. The number of nitrogens with zero attached hydrogens (tertiary/aromatic N) is 2. The molecule has 0 radical (unpaired) electrons. The highest BCUT2D eigenvalue weighted by Gasteiger charge is 2.40. The Balaban J connectivity index is 1.59. The van der Waals surface area contributed by atoms with Gasteiger partial charge in [0.15, 0.2) is 0 Å². The van der Waals surface area contributed by atoms with Crippen molar-refractivity contribution in [2.45, 2.75) is 44.2 Å². The fourth-order valence-electron chi connectivity index (χ4n) is 5.07. The quantitative estimate of drug-likeness (QED) is 0.434. The minimum Gasteiger partial charge on any atom is -0.326 e. The second kappa shape index (κ2) is 12.6. The Morgan fingerprint density at radius 3 is 1.46 bits per heavy atom. The van der Waals surface area contributed by atoms with Gasteiger partial charge in [-0.05, 0) is 48.9 Å². The minimum atomic E-state index is -3.07. The van der Waals surface area contributed by atoms with E-state index in [0.717, 1.165) is 50.5 Å². The summed E-state index contributed by atoms with van der Waals surface area (Å²) in [6.07, 6.45) is 4.69. The van der Waals surface area contributed by atoms with E-state index in [1.165, 1.54) is 11.1 Å². The average Bonchev–Trinajstić information content (AvgIpc) is 2.87.